The first-order valence-corrected chi connectivity index (χ1v) is 6.35. The first kappa shape index (κ1) is 12.1. The van der Waals surface area contributed by atoms with Crippen molar-refractivity contribution in [1.29, 1.82) is 0 Å². The molecule has 0 bridgehead atoms. The highest BCUT2D eigenvalue weighted by atomic mass is 35.5. The molecule has 2 rings (SSSR count). The molecule has 2 aromatic rings. The van der Waals surface area contributed by atoms with E-state index in [4.69, 9.17) is 11.6 Å². The summed E-state index contributed by atoms with van der Waals surface area (Å²) in [4.78, 5) is 19.8. The Kier molecular flexibility index (Phi) is 3.49. The summed E-state index contributed by atoms with van der Waals surface area (Å²) in [5.74, 6) is -0.396. The average molecular weight is 269 g/mol. The SMILES string of the molecule is COC(=O)c1ccc2c(Cl)nc(SC)nc2c1. The molecule has 0 N–H and O–H groups in total. The van der Waals surface area contributed by atoms with Gasteiger partial charge in [-0.1, -0.05) is 23.4 Å². The molecule has 0 aliphatic rings. The van der Waals surface area contributed by atoms with Gasteiger partial charge in [-0.2, -0.15) is 0 Å². The molecule has 0 saturated heterocycles. The first-order chi connectivity index (χ1) is 8.15. The number of ether oxygens (including phenoxy) is 1. The molecule has 0 aliphatic carbocycles. The molecular weight excluding hydrogens is 260 g/mol. The fraction of sp³-hybridized carbons (Fsp3) is 0.182. The Balaban J connectivity index is 2.63. The normalized spacial score (nSPS) is 10.5. The number of esters is 1. The molecule has 0 spiro atoms. The second kappa shape index (κ2) is 4.89. The van der Waals surface area contributed by atoms with Gasteiger partial charge in [-0.15, -0.1) is 0 Å². The summed E-state index contributed by atoms with van der Waals surface area (Å²) in [5, 5.41) is 1.68. The minimum Gasteiger partial charge on any atom is -0.465 e. The third kappa shape index (κ3) is 2.35. The molecule has 1 aromatic heterocycles. The van der Waals surface area contributed by atoms with E-state index in [1.54, 1.807) is 18.2 Å². The second-order valence-electron chi connectivity index (χ2n) is 3.22. The predicted octanol–water partition coefficient (Wildman–Crippen LogP) is 2.79. The van der Waals surface area contributed by atoms with Crippen LogP contribution in [0.4, 0.5) is 0 Å². The zero-order valence-corrected chi connectivity index (χ0v) is 10.8. The number of methoxy groups -OCH3 is 1. The van der Waals surface area contributed by atoms with E-state index in [0.29, 0.717) is 21.4 Å². The van der Waals surface area contributed by atoms with Crippen LogP contribution in [0.3, 0.4) is 0 Å². The lowest BCUT2D eigenvalue weighted by atomic mass is 10.1. The number of hydrogen-bond acceptors (Lipinski definition) is 5. The lowest BCUT2D eigenvalue weighted by Gasteiger charge is -2.04. The van der Waals surface area contributed by atoms with Crippen LogP contribution in [0.5, 0.6) is 0 Å². The topological polar surface area (TPSA) is 52.1 Å². The summed E-state index contributed by atoms with van der Waals surface area (Å²) < 4.78 is 4.65. The van der Waals surface area contributed by atoms with Gasteiger partial charge >= 0.3 is 5.97 Å². The van der Waals surface area contributed by atoms with Crippen LogP contribution in [0.15, 0.2) is 23.4 Å². The molecule has 0 radical (unpaired) electrons. The first-order valence-electron chi connectivity index (χ1n) is 4.75. The summed E-state index contributed by atoms with van der Waals surface area (Å²) in [6.07, 6.45) is 1.86. The molecule has 0 aliphatic heterocycles. The lowest BCUT2D eigenvalue weighted by Crippen LogP contribution is -2.01. The van der Waals surface area contributed by atoms with Crippen LogP contribution < -0.4 is 0 Å². The molecule has 4 nitrogen and oxygen atoms in total. The van der Waals surface area contributed by atoms with Gasteiger partial charge in [0.05, 0.1) is 18.2 Å². The minimum absolute atomic E-state index is 0.385. The third-order valence-electron chi connectivity index (χ3n) is 2.23. The van der Waals surface area contributed by atoms with Crippen molar-refractivity contribution in [2.75, 3.05) is 13.4 Å². The molecule has 0 saturated carbocycles. The molecular formula is C11H9ClN2O2S. The molecule has 1 heterocycles. The maximum Gasteiger partial charge on any atom is 0.337 e. The molecule has 88 valence electrons. The van der Waals surface area contributed by atoms with E-state index in [9.17, 15) is 4.79 Å². The van der Waals surface area contributed by atoms with Gasteiger partial charge in [0.25, 0.3) is 0 Å². The number of nitrogens with zero attached hydrogens (tertiary/aromatic N) is 2. The van der Waals surface area contributed by atoms with Crippen LogP contribution in [0.2, 0.25) is 5.15 Å². The largest absolute Gasteiger partial charge is 0.465 e. The van der Waals surface area contributed by atoms with Crippen molar-refractivity contribution in [3.05, 3.63) is 28.9 Å². The van der Waals surface area contributed by atoms with Gasteiger partial charge in [-0.05, 0) is 24.5 Å². The summed E-state index contributed by atoms with van der Waals surface area (Å²) in [6, 6.07) is 5.00. The monoisotopic (exact) mass is 268 g/mol. The highest BCUT2D eigenvalue weighted by Gasteiger charge is 2.10. The van der Waals surface area contributed by atoms with Crippen LogP contribution >= 0.6 is 23.4 Å². The maximum atomic E-state index is 11.4. The van der Waals surface area contributed by atoms with Crippen LogP contribution in [0.25, 0.3) is 10.9 Å². The minimum atomic E-state index is -0.396. The zero-order valence-electron chi connectivity index (χ0n) is 9.23. The van der Waals surface area contributed by atoms with Crippen molar-refractivity contribution in [3.8, 4) is 0 Å². The highest BCUT2D eigenvalue weighted by molar-refractivity contribution is 7.98. The molecule has 6 heteroatoms. The summed E-state index contributed by atoms with van der Waals surface area (Å²) in [6.45, 7) is 0. The summed E-state index contributed by atoms with van der Waals surface area (Å²) >= 11 is 7.42. The fourth-order valence-electron chi connectivity index (χ4n) is 1.41. The van der Waals surface area contributed by atoms with Gasteiger partial charge in [-0.3, -0.25) is 0 Å². The Morgan fingerprint density at radius 2 is 2.18 bits per heavy atom. The van der Waals surface area contributed by atoms with Crippen molar-refractivity contribution < 1.29 is 9.53 Å². The summed E-state index contributed by atoms with van der Waals surface area (Å²) in [5.41, 5.74) is 1.08. The van der Waals surface area contributed by atoms with Crippen LogP contribution in [0.1, 0.15) is 10.4 Å². The van der Waals surface area contributed by atoms with Crippen molar-refractivity contribution in [1.82, 2.24) is 9.97 Å². The number of thioether (sulfide) groups is 1. The van der Waals surface area contributed by atoms with Gasteiger partial charge in [0.15, 0.2) is 5.16 Å². The van der Waals surface area contributed by atoms with Crippen molar-refractivity contribution in [3.63, 3.8) is 0 Å². The van der Waals surface area contributed by atoms with E-state index in [2.05, 4.69) is 14.7 Å². The van der Waals surface area contributed by atoms with E-state index < -0.39 is 5.97 Å². The molecule has 0 unspecified atom stereocenters. The predicted molar refractivity (Wildman–Crippen MR) is 67.7 cm³/mol. The van der Waals surface area contributed by atoms with Gasteiger partial charge in [0.1, 0.15) is 5.15 Å². The van der Waals surface area contributed by atoms with Gasteiger partial charge < -0.3 is 4.74 Å². The molecule has 0 fully saturated rings. The number of halogens is 1. The lowest BCUT2D eigenvalue weighted by molar-refractivity contribution is 0.0601. The smallest absolute Gasteiger partial charge is 0.337 e. The van der Waals surface area contributed by atoms with Gasteiger partial charge in [0.2, 0.25) is 0 Å². The van der Waals surface area contributed by atoms with Gasteiger partial charge in [-0.25, -0.2) is 14.8 Å². The van der Waals surface area contributed by atoms with E-state index in [1.165, 1.54) is 18.9 Å². The van der Waals surface area contributed by atoms with E-state index in [1.807, 2.05) is 6.26 Å². The molecule has 0 atom stereocenters. The average Bonchev–Trinajstić information content (AvgIpc) is 2.36. The van der Waals surface area contributed by atoms with Gasteiger partial charge in [0, 0.05) is 5.39 Å². The Hall–Kier alpha value is -1.33. The highest BCUT2D eigenvalue weighted by Crippen LogP contribution is 2.24. The van der Waals surface area contributed by atoms with E-state index >= 15 is 0 Å². The molecule has 1 aromatic carbocycles. The Morgan fingerprint density at radius 3 is 2.82 bits per heavy atom. The quantitative estimate of drug-likeness (QED) is 0.363. The third-order valence-corrected chi connectivity index (χ3v) is 3.07. The number of aromatic nitrogens is 2. The Morgan fingerprint density at radius 1 is 1.41 bits per heavy atom. The van der Waals surface area contributed by atoms with Crippen molar-refractivity contribution in [2.45, 2.75) is 5.16 Å². The number of carbonyl (C=O) groups excluding carboxylic acids is 1. The second-order valence-corrected chi connectivity index (χ2v) is 4.36. The molecule has 0 amide bonds. The number of hydrogen-bond donors (Lipinski definition) is 0. The van der Waals surface area contributed by atoms with Crippen LogP contribution in [0, 0.1) is 0 Å². The number of carbonyl (C=O) groups is 1. The Labute approximate surface area is 107 Å². The number of fused-ring (bicyclic) bond motifs is 1. The number of rotatable bonds is 2. The Bertz CT molecular complexity index is 589. The fourth-order valence-corrected chi connectivity index (χ4v) is 2.07. The van der Waals surface area contributed by atoms with Crippen LogP contribution in [-0.4, -0.2) is 29.3 Å². The zero-order chi connectivity index (χ0) is 12.4. The van der Waals surface area contributed by atoms with Crippen molar-refractivity contribution in [2.24, 2.45) is 0 Å². The maximum absolute atomic E-state index is 11.4. The number of benzene rings is 1. The van der Waals surface area contributed by atoms with Crippen LogP contribution in [-0.2, 0) is 4.74 Å². The molecule has 17 heavy (non-hydrogen) atoms. The van der Waals surface area contributed by atoms with Crippen molar-refractivity contribution >= 4 is 40.2 Å². The van der Waals surface area contributed by atoms with E-state index in [-0.39, 0.29) is 0 Å². The summed E-state index contributed by atoms with van der Waals surface area (Å²) in [7, 11) is 1.34. The standard InChI is InChI=1S/C11H9ClN2O2S/c1-16-10(15)6-3-4-7-8(5-6)13-11(17-2)14-9(7)12/h3-5H,1-2H3. The van der Waals surface area contributed by atoms with E-state index in [0.717, 1.165) is 5.39 Å².